The normalized spacial score (nSPS) is 11.4. The average Bonchev–Trinajstić information content (AvgIpc) is 2.70. The molecule has 0 saturated heterocycles. The molecule has 2 amide bonds. The van der Waals surface area contributed by atoms with Crippen LogP contribution in [-0.2, 0) is 4.79 Å². The maximum absolute atomic E-state index is 13.0. The van der Waals surface area contributed by atoms with E-state index >= 15 is 0 Å². The fourth-order valence-electron chi connectivity index (χ4n) is 2.70. The molecule has 0 bridgehead atoms. The lowest BCUT2D eigenvalue weighted by Gasteiger charge is -2.19. The molecule has 0 spiro atoms. The van der Waals surface area contributed by atoms with Crippen molar-refractivity contribution in [1.29, 1.82) is 0 Å². The first-order valence-corrected chi connectivity index (χ1v) is 8.58. The molecule has 3 aromatic carbocycles. The molecule has 5 heteroatoms. The molecule has 0 unspecified atom stereocenters. The molecule has 3 aromatic rings. The van der Waals surface area contributed by atoms with E-state index < -0.39 is 6.04 Å². The van der Waals surface area contributed by atoms with Gasteiger partial charge in [-0.15, -0.1) is 0 Å². The minimum absolute atomic E-state index is 0.0555. The minimum Gasteiger partial charge on any atom is -0.345 e. The predicted molar refractivity (Wildman–Crippen MR) is 103 cm³/mol. The van der Waals surface area contributed by atoms with E-state index in [1.807, 2.05) is 36.4 Å². The summed E-state index contributed by atoms with van der Waals surface area (Å²) >= 11 is 0. The van der Waals surface area contributed by atoms with E-state index in [1.165, 1.54) is 24.3 Å². The third-order valence-electron chi connectivity index (χ3n) is 4.06. The Kier molecular flexibility index (Phi) is 5.94. The van der Waals surface area contributed by atoms with Gasteiger partial charge in [0.2, 0.25) is 5.91 Å². The van der Waals surface area contributed by atoms with Crippen LogP contribution >= 0.6 is 0 Å². The van der Waals surface area contributed by atoms with E-state index in [0.29, 0.717) is 11.3 Å². The molecule has 0 saturated carbocycles. The number of carbonyl (C=O) groups excluding carboxylic acids is 2. The van der Waals surface area contributed by atoms with Crippen LogP contribution < -0.4 is 10.6 Å². The van der Waals surface area contributed by atoms with Crippen molar-refractivity contribution in [1.82, 2.24) is 5.32 Å². The fourth-order valence-corrected chi connectivity index (χ4v) is 2.70. The molecule has 27 heavy (non-hydrogen) atoms. The van der Waals surface area contributed by atoms with Gasteiger partial charge in [0.05, 0.1) is 12.5 Å². The van der Waals surface area contributed by atoms with Crippen molar-refractivity contribution in [2.24, 2.45) is 0 Å². The largest absolute Gasteiger partial charge is 0.345 e. The smallest absolute Gasteiger partial charge is 0.251 e. The Labute approximate surface area is 157 Å². The van der Waals surface area contributed by atoms with Gasteiger partial charge in [-0.2, -0.15) is 0 Å². The van der Waals surface area contributed by atoms with Gasteiger partial charge in [-0.25, -0.2) is 4.39 Å². The number of rotatable bonds is 6. The van der Waals surface area contributed by atoms with Gasteiger partial charge >= 0.3 is 0 Å². The van der Waals surface area contributed by atoms with Crippen molar-refractivity contribution in [2.75, 3.05) is 5.32 Å². The Bertz CT molecular complexity index is 897. The lowest BCUT2D eigenvalue weighted by Crippen LogP contribution is -2.31. The summed E-state index contributed by atoms with van der Waals surface area (Å²) in [5.41, 5.74) is 1.86. The SMILES string of the molecule is O=C(C[C@@H](NC(=O)c1ccccc1)c1ccccc1)Nc1ccc(F)cc1. The molecule has 0 fully saturated rings. The van der Waals surface area contributed by atoms with Crippen molar-refractivity contribution in [3.8, 4) is 0 Å². The molecule has 1 atom stereocenters. The van der Waals surface area contributed by atoms with Crippen LogP contribution in [0, 0.1) is 5.82 Å². The van der Waals surface area contributed by atoms with Gasteiger partial charge in [0.15, 0.2) is 0 Å². The summed E-state index contributed by atoms with van der Waals surface area (Å²) in [5.74, 6) is -0.895. The zero-order chi connectivity index (χ0) is 19.1. The van der Waals surface area contributed by atoms with E-state index in [4.69, 9.17) is 0 Å². The monoisotopic (exact) mass is 362 g/mol. The minimum atomic E-state index is -0.487. The number of nitrogens with one attached hydrogen (secondary N) is 2. The summed E-state index contributed by atoms with van der Waals surface area (Å²) in [6, 6.07) is 23.2. The highest BCUT2D eigenvalue weighted by Crippen LogP contribution is 2.19. The van der Waals surface area contributed by atoms with E-state index in [0.717, 1.165) is 5.56 Å². The summed E-state index contributed by atoms with van der Waals surface area (Å²) in [6.07, 6.45) is 0.0555. The molecule has 3 rings (SSSR count). The number of anilines is 1. The number of hydrogen-bond acceptors (Lipinski definition) is 2. The van der Waals surface area contributed by atoms with E-state index in [-0.39, 0.29) is 24.1 Å². The lowest BCUT2D eigenvalue weighted by atomic mass is 10.0. The summed E-state index contributed by atoms with van der Waals surface area (Å²) in [7, 11) is 0. The van der Waals surface area contributed by atoms with E-state index in [9.17, 15) is 14.0 Å². The number of amides is 2. The Morgan fingerprint density at radius 2 is 1.41 bits per heavy atom. The highest BCUT2D eigenvalue weighted by atomic mass is 19.1. The van der Waals surface area contributed by atoms with Crippen LogP contribution in [0.25, 0.3) is 0 Å². The molecule has 2 N–H and O–H groups in total. The molecule has 0 aliphatic rings. The molecule has 0 aromatic heterocycles. The quantitative estimate of drug-likeness (QED) is 0.686. The van der Waals surface area contributed by atoms with Gasteiger partial charge in [0, 0.05) is 11.3 Å². The molecule has 136 valence electrons. The van der Waals surface area contributed by atoms with Crippen molar-refractivity contribution in [3.05, 3.63) is 102 Å². The first kappa shape index (κ1) is 18.3. The van der Waals surface area contributed by atoms with Gasteiger partial charge < -0.3 is 10.6 Å². The summed E-state index contributed by atoms with van der Waals surface area (Å²) in [5, 5.41) is 5.64. The van der Waals surface area contributed by atoms with Crippen LogP contribution in [0.4, 0.5) is 10.1 Å². The van der Waals surface area contributed by atoms with Gasteiger partial charge in [0.1, 0.15) is 5.82 Å². The molecule has 0 aliphatic carbocycles. The van der Waals surface area contributed by atoms with Crippen LogP contribution in [0.3, 0.4) is 0 Å². The second-order valence-electron chi connectivity index (χ2n) is 6.06. The van der Waals surface area contributed by atoms with Gasteiger partial charge in [-0.3, -0.25) is 9.59 Å². The first-order chi connectivity index (χ1) is 13.1. The molecular formula is C22H19FN2O2. The number of halogens is 1. The second kappa shape index (κ2) is 8.76. The van der Waals surface area contributed by atoms with Crippen LogP contribution in [0.1, 0.15) is 28.4 Å². The summed E-state index contributed by atoms with van der Waals surface area (Å²) in [6.45, 7) is 0. The highest BCUT2D eigenvalue weighted by Gasteiger charge is 2.19. The molecule has 4 nitrogen and oxygen atoms in total. The number of hydrogen-bond donors (Lipinski definition) is 2. The zero-order valence-electron chi connectivity index (χ0n) is 14.6. The predicted octanol–water partition coefficient (Wildman–Crippen LogP) is 4.33. The Hall–Kier alpha value is -3.47. The maximum atomic E-state index is 13.0. The number of carbonyl (C=O) groups is 2. The van der Waals surface area contributed by atoms with E-state index in [2.05, 4.69) is 10.6 Å². The Morgan fingerprint density at radius 3 is 2.04 bits per heavy atom. The average molecular weight is 362 g/mol. The van der Waals surface area contributed by atoms with E-state index in [1.54, 1.807) is 24.3 Å². The third-order valence-corrected chi connectivity index (χ3v) is 4.06. The lowest BCUT2D eigenvalue weighted by molar-refractivity contribution is -0.116. The van der Waals surface area contributed by atoms with Crippen LogP contribution in [0.5, 0.6) is 0 Å². The van der Waals surface area contributed by atoms with Gasteiger partial charge in [0.25, 0.3) is 5.91 Å². The molecular weight excluding hydrogens is 343 g/mol. The maximum Gasteiger partial charge on any atom is 0.251 e. The molecule has 0 heterocycles. The zero-order valence-corrected chi connectivity index (χ0v) is 14.6. The topological polar surface area (TPSA) is 58.2 Å². The van der Waals surface area contributed by atoms with Crippen molar-refractivity contribution >= 4 is 17.5 Å². The van der Waals surface area contributed by atoms with Crippen LogP contribution in [-0.4, -0.2) is 11.8 Å². The van der Waals surface area contributed by atoms with Crippen molar-refractivity contribution in [2.45, 2.75) is 12.5 Å². The third kappa shape index (κ3) is 5.25. The molecule has 0 radical (unpaired) electrons. The second-order valence-corrected chi connectivity index (χ2v) is 6.06. The molecule has 0 aliphatic heterocycles. The van der Waals surface area contributed by atoms with Crippen LogP contribution in [0.15, 0.2) is 84.9 Å². The Morgan fingerprint density at radius 1 is 0.815 bits per heavy atom. The number of benzene rings is 3. The van der Waals surface area contributed by atoms with Crippen LogP contribution in [0.2, 0.25) is 0 Å². The standard InChI is InChI=1S/C22H19FN2O2/c23-18-11-13-19(14-12-18)24-21(26)15-20(16-7-3-1-4-8-16)25-22(27)17-9-5-2-6-10-17/h1-14,20H,15H2,(H,24,26)(H,25,27)/t20-/m1/s1. The fraction of sp³-hybridized carbons (Fsp3) is 0.0909. The summed E-state index contributed by atoms with van der Waals surface area (Å²) in [4.78, 5) is 25.0. The van der Waals surface area contributed by atoms with Crippen molar-refractivity contribution in [3.63, 3.8) is 0 Å². The first-order valence-electron chi connectivity index (χ1n) is 8.58. The van der Waals surface area contributed by atoms with Crippen molar-refractivity contribution < 1.29 is 14.0 Å². The van der Waals surface area contributed by atoms with Gasteiger partial charge in [-0.1, -0.05) is 48.5 Å². The summed E-state index contributed by atoms with van der Waals surface area (Å²) < 4.78 is 13.0. The van der Waals surface area contributed by atoms with Gasteiger partial charge in [-0.05, 0) is 42.0 Å². The Balaban J connectivity index is 1.73. The highest BCUT2D eigenvalue weighted by molar-refractivity contribution is 5.95.